The summed E-state index contributed by atoms with van der Waals surface area (Å²) in [4.78, 5) is 13.4. The van der Waals surface area contributed by atoms with E-state index in [0.717, 1.165) is 0 Å². The lowest BCUT2D eigenvalue weighted by molar-refractivity contribution is 0.0747. The zero-order valence-corrected chi connectivity index (χ0v) is 9.77. The maximum atomic E-state index is 13.2. The van der Waals surface area contributed by atoms with Crippen molar-refractivity contribution in [3.05, 3.63) is 29.6 Å². The predicted octanol–water partition coefficient (Wildman–Crippen LogP) is 1.78. The molecule has 1 aromatic carbocycles. The van der Waals surface area contributed by atoms with Gasteiger partial charge < -0.3 is 10.6 Å². The summed E-state index contributed by atoms with van der Waals surface area (Å²) in [5, 5.41) is 8.56. The highest BCUT2D eigenvalue weighted by atomic mass is 19.1. The first kappa shape index (κ1) is 13.0. The van der Waals surface area contributed by atoms with Crippen molar-refractivity contribution in [3.8, 4) is 6.07 Å². The van der Waals surface area contributed by atoms with E-state index in [0.29, 0.717) is 0 Å². The van der Waals surface area contributed by atoms with Crippen LogP contribution in [-0.2, 0) is 0 Å². The van der Waals surface area contributed by atoms with Crippen LogP contribution in [0.15, 0.2) is 18.2 Å². The third-order valence-corrected chi connectivity index (χ3v) is 2.65. The molecular weight excluding hydrogens is 221 g/mol. The Hall–Kier alpha value is -2.09. The minimum absolute atomic E-state index is 0.122. The van der Waals surface area contributed by atoms with Gasteiger partial charge in [0.25, 0.3) is 5.91 Å². The number of hydrogen-bond acceptors (Lipinski definition) is 3. The average molecular weight is 235 g/mol. The number of halogens is 1. The monoisotopic (exact) mass is 235 g/mol. The van der Waals surface area contributed by atoms with Crippen LogP contribution in [0, 0.1) is 17.1 Å². The molecule has 1 rings (SSSR count). The number of hydrogen-bond donors (Lipinski definition) is 1. The molecule has 2 N–H and O–H groups in total. The summed E-state index contributed by atoms with van der Waals surface area (Å²) in [6.45, 7) is 1.75. The van der Waals surface area contributed by atoms with E-state index in [1.165, 1.54) is 23.1 Å². The number of carbonyl (C=O) groups is 1. The minimum atomic E-state index is -0.614. The van der Waals surface area contributed by atoms with Gasteiger partial charge in [-0.3, -0.25) is 4.79 Å². The lowest BCUT2D eigenvalue weighted by atomic mass is 10.1. The Kier molecular flexibility index (Phi) is 4.05. The van der Waals surface area contributed by atoms with Gasteiger partial charge in [-0.05, 0) is 19.1 Å². The van der Waals surface area contributed by atoms with Crippen LogP contribution in [-0.4, -0.2) is 23.9 Å². The zero-order valence-electron chi connectivity index (χ0n) is 9.77. The summed E-state index contributed by atoms with van der Waals surface area (Å²) in [5.41, 5.74) is 5.47. The van der Waals surface area contributed by atoms with Gasteiger partial charge in [0.1, 0.15) is 5.82 Å². The lowest BCUT2D eigenvalue weighted by Gasteiger charge is -2.23. The molecule has 0 aliphatic heterocycles. The van der Waals surface area contributed by atoms with Gasteiger partial charge in [-0.1, -0.05) is 6.07 Å². The van der Waals surface area contributed by atoms with Crippen molar-refractivity contribution in [2.24, 2.45) is 0 Å². The van der Waals surface area contributed by atoms with Crippen LogP contribution in [0.4, 0.5) is 10.1 Å². The normalized spacial score (nSPS) is 11.6. The van der Waals surface area contributed by atoms with Crippen LogP contribution in [0.5, 0.6) is 0 Å². The van der Waals surface area contributed by atoms with Gasteiger partial charge in [-0.2, -0.15) is 5.26 Å². The van der Waals surface area contributed by atoms with Crippen molar-refractivity contribution in [3.63, 3.8) is 0 Å². The smallest absolute Gasteiger partial charge is 0.256 e. The Bertz CT molecular complexity index is 467. The van der Waals surface area contributed by atoms with Crippen LogP contribution >= 0.6 is 0 Å². The second-order valence-corrected chi connectivity index (χ2v) is 3.83. The summed E-state index contributed by atoms with van der Waals surface area (Å²) in [5.74, 6) is -0.998. The highest BCUT2D eigenvalue weighted by molar-refractivity contribution is 5.99. The van der Waals surface area contributed by atoms with E-state index >= 15 is 0 Å². The molecule has 0 aliphatic rings. The van der Waals surface area contributed by atoms with Gasteiger partial charge in [0, 0.05) is 13.1 Å². The first-order chi connectivity index (χ1) is 7.99. The maximum Gasteiger partial charge on any atom is 0.256 e. The highest BCUT2D eigenvalue weighted by Gasteiger charge is 2.20. The minimum Gasteiger partial charge on any atom is -0.396 e. The van der Waals surface area contributed by atoms with Gasteiger partial charge in [-0.25, -0.2) is 4.39 Å². The average Bonchev–Trinajstić information content (AvgIpc) is 2.31. The highest BCUT2D eigenvalue weighted by Crippen LogP contribution is 2.18. The van der Waals surface area contributed by atoms with E-state index in [1.807, 2.05) is 6.07 Å². The second-order valence-electron chi connectivity index (χ2n) is 3.83. The van der Waals surface area contributed by atoms with Gasteiger partial charge in [0.15, 0.2) is 0 Å². The summed E-state index contributed by atoms with van der Waals surface area (Å²) in [7, 11) is 1.56. The molecule has 0 fully saturated rings. The van der Waals surface area contributed by atoms with E-state index in [9.17, 15) is 9.18 Å². The summed E-state index contributed by atoms with van der Waals surface area (Å²) >= 11 is 0. The fourth-order valence-corrected chi connectivity index (χ4v) is 1.38. The van der Waals surface area contributed by atoms with E-state index < -0.39 is 5.82 Å². The third kappa shape index (κ3) is 2.72. The van der Waals surface area contributed by atoms with Crippen molar-refractivity contribution in [1.29, 1.82) is 5.26 Å². The molecule has 4 nitrogen and oxygen atoms in total. The fraction of sp³-hybridized carbons (Fsp3) is 0.333. The number of nitrogens with two attached hydrogens (primary N) is 1. The number of carbonyl (C=O) groups excluding carboxylic acids is 1. The fourth-order valence-electron chi connectivity index (χ4n) is 1.38. The molecule has 17 heavy (non-hydrogen) atoms. The SMILES string of the molecule is CC(CC#N)N(C)C(=O)c1cccc(F)c1N. The van der Waals surface area contributed by atoms with E-state index in [2.05, 4.69) is 0 Å². The van der Waals surface area contributed by atoms with Crippen LogP contribution in [0.1, 0.15) is 23.7 Å². The Morgan fingerprint density at radius 3 is 2.88 bits per heavy atom. The van der Waals surface area contributed by atoms with E-state index in [1.54, 1.807) is 14.0 Å². The molecule has 0 saturated carbocycles. The first-order valence-corrected chi connectivity index (χ1v) is 5.17. The quantitative estimate of drug-likeness (QED) is 0.812. The maximum absolute atomic E-state index is 13.2. The molecule has 90 valence electrons. The number of amides is 1. The molecular formula is C12H14FN3O. The molecule has 0 saturated heterocycles. The Balaban J connectivity index is 2.97. The standard InChI is InChI=1S/C12H14FN3O/c1-8(6-7-14)16(2)12(17)9-4-3-5-10(13)11(9)15/h3-5,8H,6,15H2,1-2H3. The largest absolute Gasteiger partial charge is 0.396 e. The summed E-state index contributed by atoms with van der Waals surface area (Å²) in [6.07, 6.45) is 0.220. The Morgan fingerprint density at radius 2 is 2.29 bits per heavy atom. The van der Waals surface area contributed by atoms with E-state index in [4.69, 9.17) is 11.0 Å². The summed E-state index contributed by atoms with van der Waals surface area (Å²) in [6, 6.07) is 5.84. The topological polar surface area (TPSA) is 70.1 Å². The molecule has 0 aromatic heterocycles. The van der Waals surface area contributed by atoms with Gasteiger partial charge >= 0.3 is 0 Å². The second kappa shape index (κ2) is 5.30. The number of nitrogen functional groups attached to an aromatic ring is 1. The van der Waals surface area contributed by atoms with Crippen LogP contribution < -0.4 is 5.73 Å². The number of anilines is 1. The van der Waals surface area contributed by atoms with Crippen molar-refractivity contribution in [2.45, 2.75) is 19.4 Å². The molecule has 0 spiro atoms. The van der Waals surface area contributed by atoms with Crippen molar-refractivity contribution < 1.29 is 9.18 Å². The van der Waals surface area contributed by atoms with Crippen molar-refractivity contribution >= 4 is 11.6 Å². The van der Waals surface area contributed by atoms with Gasteiger partial charge in [0.05, 0.1) is 23.7 Å². The molecule has 0 radical (unpaired) electrons. The first-order valence-electron chi connectivity index (χ1n) is 5.17. The molecule has 1 unspecified atom stereocenters. The van der Waals surface area contributed by atoms with Gasteiger partial charge in [-0.15, -0.1) is 0 Å². The van der Waals surface area contributed by atoms with Crippen molar-refractivity contribution in [1.82, 2.24) is 4.90 Å². The lowest BCUT2D eigenvalue weighted by Crippen LogP contribution is -2.35. The van der Waals surface area contributed by atoms with Crippen molar-refractivity contribution in [2.75, 3.05) is 12.8 Å². The summed E-state index contributed by atoms with van der Waals surface area (Å²) < 4.78 is 13.2. The number of para-hydroxylation sites is 1. The molecule has 5 heteroatoms. The number of nitrogens with zero attached hydrogens (tertiary/aromatic N) is 2. The molecule has 1 amide bonds. The number of nitriles is 1. The molecule has 0 heterocycles. The van der Waals surface area contributed by atoms with E-state index in [-0.39, 0.29) is 29.6 Å². The molecule has 1 atom stereocenters. The Morgan fingerprint density at radius 1 is 1.65 bits per heavy atom. The number of benzene rings is 1. The van der Waals surface area contributed by atoms with Gasteiger partial charge in [0.2, 0.25) is 0 Å². The Labute approximate surface area is 99.4 Å². The third-order valence-electron chi connectivity index (χ3n) is 2.65. The number of rotatable bonds is 3. The predicted molar refractivity (Wildman–Crippen MR) is 62.6 cm³/mol. The van der Waals surface area contributed by atoms with Crippen LogP contribution in [0.25, 0.3) is 0 Å². The van der Waals surface area contributed by atoms with Crippen LogP contribution in [0.2, 0.25) is 0 Å². The molecule has 1 aromatic rings. The molecule has 0 aliphatic carbocycles. The van der Waals surface area contributed by atoms with Crippen LogP contribution in [0.3, 0.4) is 0 Å². The zero-order chi connectivity index (χ0) is 13.0. The molecule has 0 bridgehead atoms.